The molecule has 2 aliphatic rings. The maximum Gasteiger partial charge on any atom is 0.223 e. The Morgan fingerprint density at radius 1 is 1.25 bits per heavy atom. The molecule has 0 aromatic carbocycles. The van der Waals surface area contributed by atoms with Gasteiger partial charge in [-0.3, -0.25) is 4.79 Å². The van der Waals surface area contributed by atoms with Gasteiger partial charge in [0.05, 0.1) is 0 Å². The van der Waals surface area contributed by atoms with E-state index in [1.807, 2.05) is 0 Å². The number of nitrogens with one attached hydrogen (secondary N) is 1. The van der Waals surface area contributed by atoms with E-state index in [4.69, 9.17) is 0 Å². The van der Waals surface area contributed by atoms with E-state index in [1.165, 1.54) is 32.1 Å². The van der Waals surface area contributed by atoms with Gasteiger partial charge in [-0.25, -0.2) is 0 Å². The summed E-state index contributed by atoms with van der Waals surface area (Å²) in [7, 11) is 0. The van der Waals surface area contributed by atoms with Crippen LogP contribution in [0.3, 0.4) is 0 Å². The van der Waals surface area contributed by atoms with Crippen molar-refractivity contribution in [3.63, 3.8) is 0 Å². The van der Waals surface area contributed by atoms with Crippen LogP contribution in [0.2, 0.25) is 0 Å². The molecule has 0 aromatic heterocycles. The molecule has 2 heterocycles. The Balaban J connectivity index is 0.00000200. The quantitative estimate of drug-likeness (QED) is 0.865. The van der Waals surface area contributed by atoms with Crippen LogP contribution >= 0.6 is 12.4 Å². The van der Waals surface area contributed by atoms with Gasteiger partial charge in [-0.1, -0.05) is 13.8 Å². The number of piperidine rings is 2. The van der Waals surface area contributed by atoms with E-state index < -0.39 is 0 Å². The average Bonchev–Trinajstić information content (AvgIpc) is 2.48. The van der Waals surface area contributed by atoms with Crippen LogP contribution in [0.1, 0.15) is 58.8 Å². The highest BCUT2D eigenvalue weighted by Gasteiger charge is 2.28. The molecular formula is C16H31ClN2O. The number of rotatable bonds is 4. The largest absolute Gasteiger partial charge is 0.340 e. The van der Waals surface area contributed by atoms with Crippen molar-refractivity contribution in [1.82, 2.24) is 10.2 Å². The van der Waals surface area contributed by atoms with Crippen molar-refractivity contribution in [2.45, 2.75) is 64.8 Å². The summed E-state index contributed by atoms with van der Waals surface area (Å²) in [5, 5.41) is 3.41. The molecule has 2 unspecified atom stereocenters. The minimum Gasteiger partial charge on any atom is -0.340 e. The molecule has 3 nitrogen and oxygen atoms in total. The Labute approximate surface area is 130 Å². The second-order valence-corrected chi connectivity index (χ2v) is 6.41. The summed E-state index contributed by atoms with van der Waals surface area (Å²) in [6, 6.07) is 0.515. The monoisotopic (exact) mass is 302 g/mol. The number of hydrogen-bond acceptors (Lipinski definition) is 2. The number of carbonyl (C=O) groups excluding carboxylic acids is 1. The summed E-state index contributed by atoms with van der Waals surface area (Å²) in [6.07, 6.45) is 8.08. The highest BCUT2D eigenvalue weighted by Crippen LogP contribution is 2.27. The smallest absolute Gasteiger partial charge is 0.223 e. The number of likely N-dealkylation sites (tertiary alicyclic amines) is 1. The van der Waals surface area contributed by atoms with E-state index in [1.54, 1.807) is 0 Å². The van der Waals surface area contributed by atoms with Gasteiger partial charge in [0.15, 0.2) is 0 Å². The fourth-order valence-corrected chi connectivity index (χ4v) is 3.73. The minimum absolute atomic E-state index is 0. The zero-order chi connectivity index (χ0) is 13.7. The molecule has 0 bridgehead atoms. The SMILES string of the molecule is CCC1CCCCN1C(=O)CC(C)C1CCNCC1.Cl. The topological polar surface area (TPSA) is 32.3 Å². The van der Waals surface area contributed by atoms with E-state index in [-0.39, 0.29) is 12.4 Å². The molecule has 0 radical (unpaired) electrons. The normalized spacial score (nSPS) is 25.9. The van der Waals surface area contributed by atoms with E-state index in [9.17, 15) is 4.79 Å². The molecule has 0 aliphatic carbocycles. The van der Waals surface area contributed by atoms with Crippen molar-refractivity contribution in [2.24, 2.45) is 11.8 Å². The fraction of sp³-hybridized carbons (Fsp3) is 0.938. The predicted molar refractivity (Wildman–Crippen MR) is 86.3 cm³/mol. The van der Waals surface area contributed by atoms with E-state index in [0.717, 1.165) is 38.4 Å². The molecule has 1 amide bonds. The van der Waals surface area contributed by atoms with Gasteiger partial charge in [0.2, 0.25) is 5.91 Å². The van der Waals surface area contributed by atoms with Crippen molar-refractivity contribution in [2.75, 3.05) is 19.6 Å². The van der Waals surface area contributed by atoms with Gasteiger partial charge in [0, 0.05) is 19.0 Å². The van der Waals surface area contributed by atoms with Gasteiger partial charge < -0.3 is 10.2 Å². The Morgan fingerprint density at radius 3 is 2.60 bits per heavy atom. The Hall–Kier alpha value is -0.280. The number of hydrogen-bond donors (Lipinski definition) is 1. The Kier molecular flexibility index (Phi) is 7.90. The second kappa shape index (κ2) is 8.89. The van der Waals surface area contributed by atoms with Crippen LogP contribution in [0, 0.1) is 11.8 Å². The van der Waals surface area contributed by atoms with Crippen LogP contribution in [-0.2, 0) is 4.79 Å². The van der Waals surface area contributed by atoms with Crippen molar-refractivity contribution in [3.05, 3.63) is 0 Å². The molecule has 0 aromatic rings. The van der Waals surface area contributed by atoms with E-state index in [0.29, 0.717) is 17.9 Å². The zero-order valence-electron chi connectivity index (χ0n) is 13.1. The van der Waals surface area contributed by atoms with Crippen LogP contribution in [-0.4, -0.2) is 36.5 Å². The summed E-state index contributed by atoms with van der Waals surface area (Å²) >= 11 is 0. The van der Waals surface area contributed by atoms with Crippen molar-refractivity contribution in [3.8, 4) is 0 Å². The Bertz CT molecular complexity index is 292. The number of nitrogens with zero attached hydrogens (tertiary/aromatic N) is 1. The van der Waals surface area contributed by atoms with Crippen LogP contribution in [0.15, 0.2) is 0 Å². The average molecular weight is 303 g/mol. The third-order valence-electron chi connectivity index (χ3n) is 5.10. The molecule has 118 valence electrons. The molecule has 2 fully saturated rings. The van der Waals surface area contributed by atoms with E-state index in [2.05, 4.69) is 24.1 Å². The summed E-state index contributed by atoms with van der Waals surface area (Å²) in [5.74, 6) is 1.71. The third-order valence-corrected chi connectivity index (χ3v) is 5.10. The minimum atomic E-state index is 0. The molecule has 2 atom stereocenters. The van der Waals surface area contributed by atoms with Crippen molar-refractivity contribution in [1.29, 1.82) is 0 Å². The van der Waals surface area contributed by atoms with Crippen LogP contribution in [0.5, 0.6) is 0 Å². The molecular weight excluding hydrogens is 272 g/mol. The first-order valence-electron chi connectivity index (χ1n) is 8.22. The van der Waals surface area contributed by atoms with Gasteiger partial charge in [-0.2, -0.15) is 0 Å². The standard InChI is InChI=1S/C16H30N2O.ClH/c1-3-15-6-4-5-11-18(15)16(19)12-13(2)14-7-9-17-10-8-14;/h13-15,17H,3-12H2,1-2H3;1H. The molecule has 4 heteroatoms. The summed E-state index contributed by atoms with van der Waals surface area (Å²) in [6.45, 7) is 7.75. The molecule has 20 heavy (non-hydrogen) atoms. The lowest BCUT2D eigenvalue weighted by molar-refractivity contribution is -0.136. The van der Waals surface area contributed by atoms with Gasteiger partial charge in [0.25, 0.3) is 0 Å². The highest BCUT2D eigenvalue weighted by atomic mass is 35.5. The maximum atomic E-state index is 12.5. The Morgan fingerprint density at radius 2 is 1.95 bits per heavy atom. The third kappa shape index (κ3) is 4.63. The first-order valence-corrected chi connectivity index (χ1v) is 8.22. The lowest BCUT2D eigenvalue weighted by Gasteiger charge is -2.37. The van der Waals surface area contributed by atoms with Crippen LogP contribution in [0.25, 0.3) is 0 Å². The van der Waals surface area contributed by atoms with Crippen molar-refractivity contribution >= 4 is 18.3 Å². The van der Waals surface area contributed by atoms with Gasteiger partial charge >= 0.3 is 0 Å². The lowest BCUT2D eigenvalue weighted by atomic mass is 9.83. The molecule has 2 saturated heterocycles. The van der Waals surface area contributed by atoms with Gasteiger partial charge in [-0.05, 0) is 63.5 Å². The lowest BCUT2D eigenvalue weighted by Crippen LogP contribution is -2.44. The molecule has 2 aliphatic heterocycles. The second-order valence-electron chi connectivity index (χ2n) is 6.41. The van der Waals surface area contributed by atoms with E-state index >= 15 is 0 Å². The molecule has 2 rings (SSSR count). The molecule has 0 spiro atoms. The predicted octanol–water partition coefficient (Wildman–Crippen LogP) is 3.23. The number of amides is 1. The molecule has 0 saturated carbocycles. The number of halogens is 1. The first-order chi connectivity index (χ1) is 9.22. The maximum absolute atomic E-state index is 12.5. The summed E-state index contributed by atoms with van der Waals surface area (Å²) < 4.78 is 0. The highest BCUT2D eigenvalue weighted by molar-refractivity contribution is 5.85. The molecule has 1 N–H and O–H groups in total. The van der Waals surface area contributed by atoms with Crippen LogP contribution in [0.4, 0.5) is 0 Å². The zero-order valence-corrected chi connectivity index (χ0v) is 13.9. The number of carbonyl (C=O) groups is 1. The first kappa shape index (κ1) is 17.8. The summed E-state index contributed by atoms with van der Waals surface area (Å²) in [5.41, 5.74) is 0. The van der Waals surface area contributed by atoms with Gasteiger partial charge in [0.1, 0.15) is 0 Å². The summed E-state index contributed by atoms with van der Waals surface area (Å²) in [4.78, 5) is 14.7. The van der Waals surface area contributed by atoms with Gasteiger partial charge in [-0.15, -0.1) is 12.4 Å². The fourth-order valence-electron chi connectivity index (χ4n) is 3.73. The van der Waals surface area contributed by atoms with Crippen molar-refractivity contribution < 1.29 is 4.79 Å². The van der Waals surface area contributed by atoms with Crippen LogP contribution < -0.4 is 5.32 Å².